The second-order valence-corrected chi connectivity index (χ2v) is 9.86. The van der Waals surface area contributed by atoms with E-state index in [-0.39, 0.29) is 0 Å². The molecular formula is C28H25NO5. The van der Waals surface area contributed by atoms with Crippen LogP contribution in [0.3, 0.4) is 0 Å². The number of hydrogen-bond donors (Lipinski definition) is 2. The van der Waals surface area contributed by atoms with Crippen LogP contribution in [0.2, 0.25) is 0 Å². The quantitative estimate of drug-likeness (QED) is 0.428. The minimum atomic E-state index is -1.87. The number of rotatable bonds is 2. The summed E-state index contributed by atoms with van der Waals surface area (Å²) in [6.07, 6.45) is -0.646. The third-order valence-electron chi connectivity index (χ3n) is 6.69. The van der Waals surface area contributed by atoms with Crippen molar-refractivity contribution in [2.75, 3.05) is 7.11 Å². The minimum absolute atomic E-state index is 0.491. The number of carbonyl (C=O) groups is 1. The van der Waals surface area contributed by atoms with Gasteiger partial charge >= 0.3 is 6.09 Å². The Hall–Kier alpha value is -3.77. The molecule has 0 saturated heterocycles. The van der Waals surface area contributed by atoms with Crippen LogP contribution in [-0.4, -0.2) is 23.9 Å². The zero-order valence-corrected chi connectivity index (χ0v) is 19.4. The van der Waals surface area contributed by atoms with Crippen molar-refractivity contribution in [2.45, 2.75) is 37.7 Å². The number of aliphatic hydroxyl groups is 1. The lowest BCUT2D eigenvalue weighted by Crippen LogP contribution is -2.58. The molecule has 0 saturated carbocycles. The summed E-state index contributed by atoms with van der Waals surface area (Å²) in [5.41, 5.74) is -0.131. The molecule has 6 nitrogen and oxygen atoms in total. The molecule has 0 radical (unpaired) electrons. The molecule has 1 heterocycles. The highest BCUT2D eigenvalue weighted by molar-refractivity contribution is 6.00. The van der Waals surface area contributed by atoms with E-state index < -0.39 is 23.0 Å². The van der Waals surface area contributed by atoms with Crippen molar-refractivity contribution in [3.05, 3.63) is 83.4 Å². The van der Waals surface area contributed by atoms with Crippen LogP contribution in [0.15, 0.2) is 66.7 Å². The van der Waals surface area contributed by atoms with Gasteiger partial charge in [-0.25, -0.2) is 4.79 Å². The molecule has 0 unspecified atom stereocenters. The lowest BCUT2D eigenvalue weighted by atomic mass is 9.78. The highest BCUT2D eigenvalue weighted by Gasteiger charge is 2.68. The van der Waals surface area contributed by atoms with Crippen LogP contribution in [0.4, 0.5) is 4.79 Å². The third-order valence-corrected chi connectivity index (χ3v) is 6.69. The first-order valence-electron chi connectivity index (χ1n) is 11.2. The first kappa shape index (κ1) is 20.8. The van der Waals surface area contributed by atoms with E-state index in [0.717, 1.165) is 27.1 Å². The second kappa shape index (κ2) is 6.64. The summed E-state index contributed by atoms with van der Waals surface area (Å²) in [6, 6.07) is 21.1. The first-order chi connectivity index (χ1) is 16.2. The maximum atomic E-state index is 13.3. The van der Waals surface area contributed by atoms with Crippen molar-refractivity contribution in [3.63, 3.8) is 0 Å². The molecule has 0 fully saturated rings. The van der Waals surface area contributed by atoms with Crippen molar-refractivity contribution in [3.8, 4) is 11.5 Å². The maximum absolute atomic E-state index is 13.3. The molecule has 0 spiro atoms. The Morgan fingerprint density at radius 1 is 0.971 bits per heavy atom. The van der Waals surface area contributed by atoms with Crippen molar-refractivity contribution in [2.24, 2.45) is 0 Å². The van der Waals surface area contributed by atoms with Gasteiger partial charge in [0.1, 0.15) is 17.1 Å². The molecule has 4 aromatic rings. The van der Waals surface area contributed by atoms with E-state index in [2.05, 4.69) is 5.32 Å². The number of benzene rings is 4. The summed E-state index contributed by atoms with van der Waals surface area (Å²) in [5.74, 6) is -0.712. The van der Waals surface area contributed by atoms with Gasteiger partial charge in [0.05, 0.1) is 7.11 Å². The number of amides is 1. The summed E-state index contributed by atoms with van der Waals surface area (Å²) in [5, 5.41) is 19.0. The Kier molecular flexibility index (Phi) is 4.06. The van der Waals surface area contributed by atoms with Gasteiger partial charge in [0.2, 0.25) is 0 Å². The predicted octanol–water partition coefficient (Wildman–Crippen LogP) is 5.32. The van der Waals surface area contributed by atoms with Gasteiger partial charge in [0, 0.05) is 11.1 Å². The maximum Gasteiger partial charge on any atom is 0.408 e. The van der Waals surface area contributed by atoms with Crippen LogP contribution in [0.5, 0.6) is 11.5 Å². The molecule has 4 aromatic carbocycles. The van der Waals surface area contributed by atoms with Gasteiger partial charge in [0.15, 0.2) is 5.54 Å². The predicted molar refractivity (Wildman–Crippen MR) is 129 cm³/mol. The van der Waals surface area contributed by atoms with Gasteiger partial charge in [-0.05, 0) is 66.1 Å². The summed E-state index contributed by atoms with van der Waals surface area (Å²) in [6.45, 7) is 5.42. The number of nitrogens with one attached hydrogen (secondary N) is 1. The molecule has 1 amide bonds. The first-order valence-corrected chi connectivity index (χ1v) is 11.2. The van der Waals surface area contributed by atoms with E-state index in [0.29, 0.717) is 22.6 Å². The van der Waals surface area contributed by atoms with Gasteiger partial charge < -0.3 is 24.6 Å². The zero-order valence-electron chi connectivity index (χ0n) is 19.4. The number of alkyl carbamates (subject to hydrolysis) is 1. The van der Waals surface area contributed by atoms with Crippen molar-refractivity contribution in [1.82, 2.24) is 5.32 Å². The molecule has 2 atom stereocenters. The number of methoxy groups -OCH3 is 1. The SMILES string of the molecule is COc1ccc2ccc3c(c2c1)[C@]1(NC(=O)OC(C)(C)C)c2cccc4cccc(c24)[C@]1(O)O3. The summed E-state index contributed by atoms with van der Waals surface area (Å²) >= 11 is 0. The normalized spacial score (nSPS) is 22.3. The van der Waals surface area contributed by atoms with E-state index in [9.17, 15) is 9.90 Å². The van der Waals surface area contributed by atoms with Crippen LogP contribution in [0.1, 0.15) is 37.5 Å². The third kappa shape index (κ3) is 2.57. The topological polar surface area (TPSA) is 77.0 Å². The molecular weight excluding hydrogens is 430 g/mol. The molecule has 2 aliphatic rings. The lowest BCUT2D eigenvalue weighted by molar-refractivity contribution is -0.173. The van der Waals surface area contributed by atoms with E-state index >= 15 is 0 Å². The van der Waals surface area contributed by atoms with Crippen molar-refractivity contribution in [1.29, 1.82) is 0 Å². The molecule has 1 aliphatic carbocycles. The fourth-order valence-corrected chi connectivity index (χ4v) is 5.46. The van der Waals surface area contributed by atoms with Crippen molar-refractivity contribution < 1.29 is 24.1 Å². The Morgan fingerprint density at radius 2 is 1.68 bits per heavy atom. The van der Waals surface area contributed by atoms with Gasteiger partial charge in [-0.2, -0.15) is 0 Å². The fourth-order valence-electron chi connectivity index (χ4n) is 5.46. The van der Waals surface area contributed by atoms with E-state index in [1.165, 1.54) is 0 Å². The molecule has 1 aliphatic heterocycles. The van der Waals surface area contributed by atoms with E-state index in [1.54, 1.807) is 27.9 Å². The monoisotopic (exact) mass is 455 g/mol. The number of ether oxygens (including phenoxy) is 3. The average Bonchev–Trinajstić information content (AvgIpc) is 3.16. The molecule has 2 N–H and O–H groups in total. The Labute approximate surface area is 197 Å². The van der Waals surface area contributed by atoms with Crippen LogP contribution >= 0.6 is 0 Å². The molecule has 6 heteroatoms. The summed E-state index contributed by atoms with van der Waals surface area (Å²) in [7, 11) is 1.61. The van der Waals surface area contributed by atoms with E-state index in [1.807, 2.05) is 66.7 Å². The van der Waals surface area contributed by atoms with Gasteiger partial charge in [-0.15, -0.1) is 0 Å². The molecule has 172 valence electrons. The van der Waals surface area contributed by atoms with Crippen LogP contribution < -0.4 is 14.8 Å². The second-order valence-electron chi connectivity index (χ2n) is 9.86. The van der Waals surface area contributed by atoms with Crippen molar-refractivity contribution >= 4 is 27.6 Å². The Bertz CT molecular complexity index is 1500. The lowest BCUT2D eigenvalue weighted by Gasteiger charge is -2.38. The Balaban J connectivity index is 1.72. The molecule has 34 heavy (non-hydrogen) atoms. The molecule has 6 rings (SSSR count). The largest absolute Gasteiger partial charge is 0.497 e. The minimum Gasteiger partial charge on any atom is -0.497 e. The average molecular weight is 456 g/mol. The molecule has 0 bridgehead atoms. The number of hydrogen-bond acceptors (Lipinski definition) is 5. The van der Waals surface area contributed by atoms with Crippen LogP contribution in [-0.2, 0) is 16.1 Å². The smallest absolute Gasteiger partial charge is 0.408 e. The number of fused-ring (bicyclic) bond motifs is 7. The van der Waals surface area contributed by atoms with Gasteiger partial charge in [0.25, 0.3) is 5.79 Å². The van der Waals surface area contributed by atoms with Crippen LogP contribution in [0, 0.1) is 0 Å². The summed E-state index contributed by atoms with van der Waals surface area (Å²) in [4.78, 5) is 13.3. The number of carbonyl (C=O) groups excluding carboxylic acids is 1. The highest BCUT2D eigenvalue weighted by atomic mass is 16.6. The zero-order chi connectivity index (χ0) is 23.9. The standard InChI is InChI=1S/C28H25NO5/c1-26(2,3)34-25(30)29-27-20-9-5-7-17-8-6-10-21(23(17)20)28(27,31)33-22-14-12-16-11-13-18(32-4)15-19(16)24(22)27/h5-15,31H,1-4H3,(H,29,30)/t27-,28+/m1/s1. The van der Waals surface area contributed by atoms with Gasteiger partial charge in [-0.1, -0.05) is 48.5 Å². The molecule has 0 aromatic heterocycles. The Morgan fingerprint density at radius 3 is 2.38 bits per heavy atom. The highest BCUT2D eigenvalue weighted by Crippen LogP contribution is 2.63. The van der Waals surface area contributed by atoms with E-state index in [4.69, 9.17) is 14.2 Å². The van der Waals surface area contributed by atoms with Gasteiger partial charge in [-0.3, -0.25) is 0 Å². The fraction of sp³-hybridized carbons (Fsp3) is 0.250. The summed E-state index contributed by atoms with van der Waals surface area (Å²) < 4.78 is 17.5. The van der Waals surface area contributed by atoms with Crippen LogP contribution in [0.25, 0.3) is 21.5 Å².